The smallest absolute Gasteiger partial charge is 0.0614 e. The fraction of sp³-hybridized carbons (Fsp3) is 0.733. The van der Waals surface area contributed by atoms with E-state index in [1.807, 2.05) is 6.08 Å². The molecular weight excluding hydrogens is 556 g/mol. The summed E-state index contributed by atoms with van der Waals surface area (Å²) in [5.41, 5.74) is 8.93. The monoisotopic (exact) mass is 637 g/mol. The Bertz CT molecular complexity index is 934. The summed E-state index contributed by atoms with van der Waals surface area (Å²) in [7, 11) is 0. The Kier molecular flexibility index (Phi) is 28.5. The second-order valence-corrected chi connectivity index (χ2v) is 15.5. The van der Waals surface area contributed by atoms with Crippen molar-refractivity contribution in [2.75, 3.05) is 6.61 Å². The SMILES string of the molecule is C/C(=C/CO)CC/C=C(/C)CC/C=C(/C)CC/C=C(/C)CC/C=C(/C)CC/C=C(\C)CCCC(C)CCCC(C)CCCC(C)C. The van der Waals surface area contributed by atoms with Gasteiger partial charge in [-0.05, 0) is 136 Å². The topological polar surface area (TPSA) is 20.2 Å². The molecule has 0 radical (unpaired) electrons. The van der Waals surface area contributed by atoms with Gasteiger partial charge >= 0.3 is 0 Å². The van der Waals surface area contributed by atoms with Crippen LogP contribution in [0.2, 0.25) is 0 Å². The third-order valence-corrected chi connectivity index (χ3v) is 9.74. The molecule has 266 valence electrons. The van der Waals surface area contributed by atoms with Crippen LogP contribution in [0.3, 0.4) is 0 Å². The van der Waals surface area contributed by atoms with E-state index < -0.39 is 0 Å². The molecule has 0 amide bonds. The normalized spacial score (nSPS) is 15.7. The van der Waals surface area contributed by atoms with Crippen LogP contribution in [0, 0.1) is 17.8 Å². The van der Waals surface area contributed by atoms with E-state index in [0.29, 0.717) is 0 Å². The zero-order valence-electron chi connectivity index (χ0n) is 32.8. The first-order valence-electron chi connectivity index (χ1n) is 19.5. The van der Waals surface area contributed by atoms with Gasteiger partial charge in [0.25, 0.3) is 0 Å². The Labute approximate surface area is 289 Å². The number of hydrogen-bond donors (Lipinski definition) is 1. The quantitative estimate of drug-likeness (QED) is 0.0847. The summed E-state index contributed by atoms with van der Waals surface area (Å²) in [5, 5.41) is 8.97. The Hall–Kier alpha value is -1.60. The Morgan fingerprint density at radius 1 is 0.391 bits per heavy atom. The van der Waals surface area contributed by atoms with E-state index in [1.165, 1.54) is 112 Å². The highest BCUT2D eigenvalue weighted by Gasteiger charge is 2.07. The lowest BCUT2D eigenvalue weighted by atomic mass is 9.91. The van der Waals surface area contributed by atoms with Crippen molar-refractivity contribution in [3.8, 4) is 0 Å². The molecule has 0 spiro atoms. The standard InChI is InChI=1S/C45H80O/c1-37(2)19-11-20-38(3)21-12-22-39(4)23-13-24-40(5)25-14-26-41(6)27-15-28-42(7)29-16-30-43(8)31-17-32-44(9)33-18-34-45(10)35-36-46/h25,27,29,31,33,35,37-39,46H,11-24,26,28,30,32,34,36H2,1-10H3/b40-25+,41-27-,42-29-,43-31-,44-33-,45-35-. The second-order valence-electron chi connectivity index (χ2n) is 15.5. The molecule has 0 bridgehead atoms. The van der Waals surface area contributed by atoms with Crippen molar-refractivity contribution in [2.24, 2.45) is 17.8 Å². The number of hydrogen-bond acceptors (Lipinski definition) is 1. The Morgan fingerprint density at radius 3 is 1.00 bits per heavy atom. The molecule has 0 fully saturated rings. The zero-order chi connectivity index (χ0) is 34.6. The highest BCUT2D eigenvalue weighted by Crippen LogP contribution is 2.22. The van der Waals surface area contributed by atoms with Crippen molar-refractivity contribution < 1.29 is 5.11 Å². The van der Waals surface area contributed by atoms with Gasteiger partial charge < -0.3 is 5.11 Å². The molecule has 0 aromatic rings. The molecule has 0 aliphatic carbocycles. The third kappa shape index (κ3) is 29.8. The molecule has 0 heterocycles. The summed E-state index contributed by atoms with van der Waals surface area (Å²) in [4.78, 5) is 0. The van der Waals surface area contributed by atoms with Crippen LogP contribution in [0.15, 0.2) is 69.9 Å². The molecule has 46 heavy (non-hydrogen) atoms. The lowest BCUT2D eigenvalue weighted by molar-refractivity contribution is 0.341. The van der Waals surface area contributed by atoms with Gasteiger partial charge in [-0.2, -0.15) is 0 Å². The predicted octanol–water partition coefficient (Wildman–Crippen LogP) is 15.0. The molecule has 2 atom stereocenters. The summed E-state index contributed by atoms with van der Waals surface area (Å²) in [6.07, 6.45) is 38.1. The molecular formula is C45H80O. The minimum Gasteiger partial charge on any atom is -0.392 e. The number of aliphatic hydroxyl groups is 1. The molecule has 0 aromatic heterocycles. The van der Waals surface area contributed by atoms with Crippen molar-refractivity contribution in [3.63, 3.8) is 0 Å². The number of rotatable bonds is 28. The molecule has 0 aliphatic heterocycles. The maximum Gasteiger partial charge on any atom is 0.0614 e. The van der Waals surface area contributed by atoms with Gasteiger partial charge in [-0.3, -0.25) is 0 Å². The van der Waals surface area contributed by atoms with Crippen LogP contribution in [0.1, 0.15) is 191 Å². The van der Waals surface area contributed by atoms with Crippen LogP contribution < -0.4 is 0 Å². The number of allylic oxidation sites excluding steroid dienone is 11. The molecule has 1 heteroatoms. The molecule has 1 nitrogen and oxygen atoms in total. The first-order valence-corrected chi connectivity index (χ1v) is 19.5. The summed E-state index contributed by atoms with van der Waals surface area (Å²) in [6, 6.07) is 0. The van der Waals surface area contributed by atoms with E-state index in [1.54, 1.807) is 11.1 Å². The maximum absolute atomic E-state index is 8.97. The molecule has 1 N–H and O–H groups in total. The highest BCUT2D eigenvalue weighted by atomic mass is 16.2. The van der Waals surface area contributed by atoms with Crippen LogP contribution >= 0.6 is 0 Å². The zero-order valence-corrected chi connectivity index (χ0v) is 32.8. The van der Waals surface area contributed by atoms with Crippen molar-refractivity contribution in [3.05, 3.63) is 69.9 Å². The summed E-state index contributed by atoms with van der Waals surface area (Å²) in [6.45, 7) is 23.4. The average molecular weight is 637 g/mol. The van der Waals surface area contributed by atoms with Gasteiger partial charge in [0, 0.05) is 0 Å². The van der Waals surface area contributed by atoms with Crippen LogP contribution in [-0.2, 0) is 0 Å². The van der Waals surface area contributed by atoms with E-state index in [9.17, 15) is 0 Å². The lowest BCUT2D eigenvalue weighted by Gasteiger charge is -2.15. The Morgan fingerprint density at radius 2 is 0.674 bits per heavy atom. The summed E-state index contributed by atoms with van der Waals surface area (Å²) < 4.78 is 0. The second kappa shape index (κ2) is 29.5. The van der Waals surface area contributed by atoms with Crippen LogP contribution in [0.25, 0.3) is 0 Å². The highest BCUT2D eigenvalue weighted by molar-refractivity contribution is 5.09. The van der Waals surface area contributed by atoms with E-state index >= 15 is 0 Å². The van der Waals surface area contributed by atoms with Gasteiger partial charge in [0.2, 0.25) is 0 Å². The van der Waals surface area contributed by atoms with Gasteiger partial charge in [-0.1, -0.05) is 143 Å². The van der Waals surface area contributed by atoms with Gasteiger partial charge in [-0.25, -0.2) is 0 Å². The predicted molar refractivity (Wildman–Crippen MR) is 211 cm³/mol. The minimum atomic E-state index is 0.153. The van der Waals surface area contributed by atoms with E-state index in [4.69, 9.17) is 5.11 Å². The van der Waals surface area contributed by atoms with Crippen molar-refractivity contribution in [1.29, 1.82) is 0 Å². The summed E-state index contributed by atoms with van der Waals surface area (Å²) >= 11 is 0. The van der Waals surface area contributed by atoms with Gasteiger partial charge in [0.1, 0.15) is 0 Å². The Balaban J connectivity index is 4.07. The van der Waals surface area contributed by atoms with Crippen molar-refractivity contribution >= 4 is 0 Å². The van der Waals surface area contributed by atoms with Crippen molar-refractivity contribution in [2.45, 2.75) is 191 Å². The molecule has 0 saturated heterocycles. The van der Waals surface area contributed by atoms with Gasteiger partial charge in [0.05, 0.1) is 6.61 Å². The van der Waals surface area contributed by atoms with Crippen LogP contribution in [-0.4, -0.2) is 11.7 Å². The fourth-order valence-corrected chi connectivity index (χ4v) is 6.21. The lowest BCUT2D eigenvalue weighted by Crippen LogP contribution is -2.00. The van der Waals surface area contributed by atoms with E-state index in [-0.39, 0.29) is 6.61 Å². The van der Waals surface area contributed by atoms with Crippen LogP contribution in [0.4, 0.5) is 0 Å². The van der Waals surface area contributed by atoms with Gasteiger partial charge in [0.15, 0.2) is 0 Å². The molecule has 2 unspecified atom stereocenters. The maximum atomic E-state index is 8.97. The molecule has 0 rings (SSSR count). The third-order valence-electron chi connectivity index (χ3n) is 9.74. The molecule has 0 aromatic carbocycles. The van der Waals surface area contributed by atoms with E-state index in [2.05, 4.69) is 99.6 Å². The van der Waals surface area contributed by atoms with Gasteiger partial charge in [-0.15, -0.1) is 0 Å². The molecule has 0 aliphatic rings. The average Bonchev–Trinajstić information content (AvgIpc) is 2.97. The molecule has 0 saturated carbocycles. The first-order chi connectivity index (χ1) is 21.9. The fourth-order valence-electron chi connectivity index (χ4n) is 6.21. The summed E-state index contributed by atoms with van der Waals surface area (Å²) in [5.74, 6) is 2.65. The van der Waals surface area contributed by atoms with Crippen LogP contribution in [0.5, 0.6) is 0 Å². The van der Waals surface area contributed by atoms with Crippen molar-refractivity contribution in [1.82, 2.24) is 0 Å². The minimum absolute atomic E-state index is 0.153. The largest absolute Gasteiger partial charge is 0.392 e. The first kappa shape index (κ1) is 44.4. The number of aliphatic hydroxyl groups excluding tert-OH is 1. The van der Waals surface area contributed by atoms with E-state index in [0.717, 1.165) is 49.9 Å².